The van der Waals surface area contributed by atoms with Crippen LogP contribution in [0, 0.1) is 10.1 Å². The Kier molecular flexibility index (Phi) is 4.67. The van der Waals surface area contributed by atoms with E-state index in [0.717, 1.165) is 22.3 Å². The topological polar surface area (TPSA) is 103 Å². The fourth-order valence-corrected chi connectivity index (χ4v) is 4.27. The number of hydrogen-bond acceptors (Lipinski definition) is 6. The molecule has 1 amide bonds. The first-order valence-corrected chi connectivity index (χ1v) is 10.1. The fourth-order valence-electron chi connectivity index (χ4n) is 4.27. The van der Waals surface area contributed by atoms with Gasteiger partial charge in [0, 0.05) is 30.9 Å². The second-order valence-corrected chi connectivity index (χ2v) is 7.61. The number of imidazole rings is 1. The standard InChI is InChI=1S/C22H21N5O4/c1-14-19(21(28)25-10-12-31-13-11-25)20(15-6-8-16(9-7-15)27(29)30)26-18-5-3-2-4-17(18)24-22(26)23-14/h2-9,20H,10-13H2,1H3,(H,23,24). The van der Waals surface area contributed by atoms with Gasteiger partial charge in [0.2, 0.25) is 5.95 Å². The zero-order valence-corrected chi connectivity index (χ0v) is 16.9. The lowest BCUT2D eigenvalue weighted by Gasteiger charge is -2.35. The summed E-state index contributed by atoms with van der Waals surface area (Å²) in [5.74, 6) is 0.570. The summed E-state index contributed by atoms with van der Waals surface area (Å²) >= 11 is 0. The number of benzene rings is 2. The molecule has 5 rings (SSSR count). The van der Waals surface area contributed by atoms with Crippen molar-refractivity contribution in [3.8, 4) is 0 Å². The highest BCUT2D eigenvalue weighted by Gasteiger charge is 2.36. The van der Waals surface area contributed by atoms with Crippen LogP contribution in [0.5, 0.6) is 0 Å². The van der Waals surface area contributed by atoms with E-state index in [1.165, 1.54) is 12.1 Å². The highest BCUT2D eigenvalue weighted by molar-refractivity contribution is 5.98. The normalized spacial score (nSPS) is 18.6. The molecule has 0 saturated carbocycles. The van der Waals surface area contributed by atoms with Gasteiger partial charge >= 0.3 is 0 Å². The van der Waals surface area contributed by atoms with Crippen LogP contribution in [0.25, 0.3) is 11.0 Å². The lowest BCUT2D eigenvalue weighted by Crippen LogP contribution is -2.44. The number of rotatable bonds is 3. The molecule has 2 aliphatic rings. The van der Waals surface area contributed by atoms with Gasteiger partial charge in [-0.25, -0.2) is 4.98 Å². The number of hydrogen-bond donors (Lipinski definition) is 1. The Hall–Kier alpha value is -3.72. The highest BCUT2D eigenvalue weighted by Crippen LogP contribution is 2.40. The Morgan fingerprint density at radius 2 is 1.87 bits per heavy atom. The number of non-ortho nitro benzene ring substituents is 1. The van der Waals surface area contributed by atoms with Gasteiger partial charge < -0.3 is 15.0 Å². The summed E-state index contributed by atoms with van der Waals surface area (Å²) in [4.78, 5) is 30.8. The molecular weight excluding hydrogens is 398 g/mol. The van der Waals surface area contributed by atoms with Crippen LogP contribution in [0.15, 0.2) is 59.8 Å². The Bertz CT molecular complexity index is 1210. The number of ether oxygens (including phenoxy) is 1. The number of nitrogens with one attached hydrogen (secondary N) is 1. The molecule has 0 bridgehead atoms. The van der Waals surface area contributed by atoms with Crippen molar-refractivity contribution in [3.63, 3.8) is 0 Å². The van der Waals surface area contributed by atoms with E-state index in [9.17, 15) is 14.9 Å². The monoisotopic (exact) mass is 419 g/mol. The first kappa shape index (κ1) is 19.3. The number of anilines is 1. The number of carbonyl (C=O) groups excluding carboxylic acids is 1. The van der Waals surface area contributed by atoms with Gasteiger partial charge in [0.1, 0.15) is 0 Å². The summed E-state index contributed by atoms with van der Waals surface area (Å²) in [6, 6.07) is 13.7. The van der Waals surface area contributed by atoms with Gasteiger partial charge in [0.25, 0.3) is 11.6 Å². The van der Waals surface area contributed by atoms with E-state index in [2.05, 4.69) is 5.32 Å². The van der Waals surface area contributed by atoms with Crippen LogP contribution in [0.1, 0.15) is 18.5 Å². The predicted molar refractivity (Wildman–Crippen MR) is 115 cm³/mol. The summed E-state index contributed by atoms with van der Waals surface area (Å²) in [6.07, 6.45) is 0. The van der Waals surface area contributed by atoms with Crippen LogP contribution in [-0.2, 0) is 9.53 Å². The molecule has 9 heteroatoms. The maximum Gasteiger partial charge on any atom is 0.269 e. The van der Waals surface area contributed by atoms with Crippen molar-refractivity contribution in [1.29, 1.82) is 0 Å². The van der Waals surface area contributed by atoms with E-state index in [0.29, 0.717) is 37.8 Å². The molecule has 1 aromatic heterocycles. The quantitative estimate of drug-likeness (QED) is 0.517. The van der Waals surface area contributed by atoms with Gasteiger partial charge in [-0.05, 0) is 36.8 Å². The molecule has 1 unspecified atom stereocenters. The Morgan fingerprint density at radius 3 is 2.58 bits per heavy atom. The summed E-state index contributed by atoms with van der Waals surface area (Å²) in [6.45, 7) is 3.94. The van der Waals surface area contributed by atoms with E-state index >= 15 is 0 Å². The number of fused-ring (bicyclic) bond motifs is 3. The van der Waals surface area contributed by atoms with Gasteiger partial charge in [-0.15, -0.1) is 0 Å². The molecule has 0 aliphatic carbocycles. The third kappa shape index (κ3) is 3.23. The number of amides is 1. The average molecular weight is 419 g/mol. The molecule has 1 fully saturated rings. The molecule has 31 heavy (non-hydrogen) atoms. The van der Waals surface area contributed by atoms with Gasteiger partial charge in [0.05, 0.1) is 40.8 Å². The van der Waals surface area contributed by atoms with Crippen LogP contribution in [0.2, 0.25) is 0 Å². The molecule has 1 N–H and O–H groups in total. The molecule has 9 nitrogen and oxygen atoms in total. The third-order valence-electron chi connectivity index (χ3n) is 5.78. The summed E-state index contributed by atoms with van der Waals surface area (Å²) in [5, 5.41) is 14.4. The van der Waals surface area contributed by atoms with Crippen molar-refractivity contribution >= 4 is 28.6 Å². The van der Waals surface area contributed by atoms with Crippen LogP contribution in [0.4, 0.5) is 11.6 Å². The minimum absolute atomic E-state index is 0.00940. The number of nitro benzene ring substituents is 1. The minimum Gasteiger partial charge on any atom is -0.378 e. The van der Waals surface area contributed by atoms with Crippen molar-refractivity contribution in [2.75, 3.05) is 31.6 Å². The molecule has 2 aromatic carbocycles. The number of morpholine rings is 1. The van der Waals surface area contributed by atoms with E-state index in [1.54, 1.807) is 17.0 Å². The van der Waals surface area contributed by atoms with Crippen molar-refractivity contribution in [1.82, 2.24) is 14.5 Å². The molecule has 1 atom stereocenters. The lowest BCUT2D eigenvalue weighted by atomic mass is 9.93. The zero-order chi connectivity index (χ0) is 21.5. The van der Waals surface area contributed by atoms with Crippen LogP contribution >= 0.6 is 0 Å². The lowest BCUT2D eigenvalue weighted by molar-refractivity contribution is -0.384. The second kappa shape index (κ2) is 7.51. The van der Waals surface area contributed by atoms with E-state index in [1.807, 2.05) is 35.8 Å². The molecule has 158 valence electrons. The molecule has 3 heterocycles. The number of para-hydroxylation sites is 2. The second-order valence-electron chi connectivity index (χ2n) is 7.61. The zero-order valence-electron chi connectivity index (χ0n) is 16.9. The number of carbonyl (C=O) groups is 1. The summed E-state index contributed by atoms with van der Waals surface area (Å²) in [7, 11) is 0. The van der Waals surface area contributed by atoms with E-state index in [4.69, 9.17) is 9.72 Å². The van der Waals surface area contributed by atoms with E-state index < -0.39 is 11.0 Å². The maximum absolute atomic E-state index is 13.6. The van der Waals surface area contributed by atoms with Crippen molar-refractivity contribution in [2.45, 2.75) is 13.0 Å². The molecule has 0 spiro atoms. The Labute approximate surface area is 178 Å². The van der Waals surface area contributed by atoms with Gasteiger partial charge in [-0.1, -0.05) is 12.1 Å². The van der Waals surface area contributed by atoms with Crippen molar-refractivity contribution < 1.29 is 14.5 Å². The van der Waals surface area contributed by atoms with E-state index in [-0.39, 0.29) is 11.6 Å². The third-order valence-corrected chi connectivity index (χ3v) is 5.78. The predicted octanol–water partition coefficient (Wildman–Crippen LogP) is 3.09. The fraction of sp³-hybridized carbons (Fsp3) is 0.273. The smallest absolute Gasteiger partial charge is 0.269 e. The molecule has 0 radical (unpaired) electrons. The molecular formula is C22H21N5O4. The van der Waals surface area contributed by atoms with Crippen LogP contribution in [0.3, 0.4) is 0 Å². The largest absolute Gasteiger partial charge is 0.378 e. The van der Waals surface area contributed by atoms with Crippen molar-refractivity contribution in [3.05, 3.63) is 75.5 Å². The van der Waals surface area contributed by atoms with Crippen LogP contribution in [-0.4, -0.2) is 51.6 Å². The summed E-state index contributed by atoms with van der Waals surface area (Å²) in [5.41, 5.74) is 3.81. The number of nitro groups is 1. The number of allylic oxidation sites excluding steroid dienone is 1. The van der Waals surface area contributed by atoms with Gasteiger partial charge in [-0.3, -0.25) is 19.5 Å². The molecule has 1 saturated heterocycles. The Balaban J connectivity index is 1.68. The maximum atomic E-state index is 13.6. The van der Waals surface area contributed by atoms with Crippen LogP contribution < -0.4 is 5.32 Å². The number of nitrogens with zero attached hydrogens (tertiary/aromatic N) is 4. The highest BCUT2D eigenvalue weighted by atomic mass is 16.6. The molecule has 3 aromatic rings. The first-order valence-electron chi connectivity index (χ1n) is 10.1. The van der Waals surface area contributed by atoms with Gasteiger partial charge in [0.15, 0.2) is 0 Å². The summed E-state index contributed by atoms with van der Waals surface area (Å²) < 4.78 is 7.41. The minimum atomic E-state index is -0.459. The number of aromatic nitrogens is 2. The average Bonchev–Trinajstić information content (AvgIpc) is 3.16. The van der Waals surface area contributed by atoms with Gasteiger partial charge in [-0.2, -0.15) is 0 Å². The Morgan fingerprint density at radius 1 is 1.16 bits per heavy atom. The molecule has 2 aliphatic heterocycles. The SMILES string of the molecule is CC1=C(C(=O)N2CCOCC2)C(c2ccc([N+](=O)[O-])cc2)n2c(nc3ccccc32)N1. The first-order chi connectivity index (χ1) is 15.0. The van der Waals surface area contributed by atoms with Crippen molar-refractivity contribution in [2.24, 2.45) is 0 Å².